The molecule has 6 nitrogen and oxygen atoms in total. The molecule has 0 radical (unpaired) electrons. The van der Waals surface area contributed by atoms with Crippen LogP contribution in [-0.4, -0.2) is 56.2 Å². The maximum Gasteiger partial charge on any atom is 0.232 e. The molecular weight excluding hydrogens is 416 g/mol. The van der Waals surface area contributed by atoms with Gasteiger partial charge in [0.05, 0.1) is 16.1 Å². The number of hydrogen-bond acceptors (Lipinski definition) is 6. The van der Waals surface area contributed by atoms with Gasteiger partial charge >= 0.3 is 0 Å². The van der Waals surface area contributed by atoms with E-state index in [2.05, 4.69) is 43.2 Å². The van der Waals surface area contributed by atoms with E-state index in [-0.39, 0.29) is 5.75 Å². The summed E-state index contributed by atoms with van der Waals surface area (Å²) >= 11 is 1.56. The molecule has 4 rings (SSSR count). The summed E-state index contributed by atoms with van der Waals surface area (Å²) in [4.78, 5) is 4.82. The van der Waals surface area contributed by atoms with Gasteiger partial charge in [-0.25, -0.2) is 8.42 Å². The van der Waals surface area contributed by atoms with Crippen LogP contribution >= 0.6 is 11.5 Å². The molecule has 1 N–H and O–H groups in total. The molecule has 2 heterocycles. The Morgan fingerprint density at radius 2 is 1.77 bits per heavy atom. The molecular formula is C22H28N4O2S2. The maximum atomic E-state index is 12.2. The summed E-state index contributed by atoms with van der Waals surface area (Å²) in [5.74, 6) is 1.25. The van der Waals surface area contributed by atoms with Gasteiger partial charge in [-0.05, 0) is 48.1 Å². The van der Waals surface area contributed by atoms with E-state index >= 15 is 0 Å². The van der Waals surface area contributed by atoms with Gasteiger partial charge in [-0.1, -0.05) is 37.3 Å². The number of sulfonamides is 1. The van der Waals surface area contributed by atoms with Crippen LogP contribution in [-0.2, 0) is 16.4 Å². The topological polar surface area (TPSA) is 65.5 Å². The molecule has 3 aromatic rings. The zero-order valence-corrected chi connectivity index (χ0v) is 18.9. The molecule has 160 valence electrons. The number of aromatic nitrogens is 1. The Bertz CT molecular complexity index is 1090. The van der Waals surface area contributed by atoms with Crippen LogP contribution in [0.15, 0.2) is 48.5 Å². The predicted molar refractivity (Wildman–Crippen MR) is 126 cm³/mol. The van der Waals surface area contributed by atoms with E-state index in [0.717, 1.165) is 50.5 Å². The smallest absolute Gasteiger partial charge is 0.232 e. The van der Waals surface area contributed by atoms with E-state index in [0.29, 0.717) is 12.1 Å². The van der Waals surface area contributed by atoms with Gasteiger partial charge in [0.1, 0.15) is 5.82 Å². The molecule has 2 aromatic carbocycles. The summed E-state index contributed by atoms with van der Waals surface area (Å²) in [6.07, 6.45) is 1.43. The van der Waals surface area contributed by atoms with Crippen LogP contribution in [0.1, 0.15) is 18.9 Å². The summed E-state index contributed by atoms with van der Waals surface area (Å²) in [5.41, 5.74) is 1.75. The van der Waals surface area contributed by atoms with E-state index in [4.69, 9.17) is 0 Å². The molecule has 1 aromatic heterocycles. The molecule has 1 fully saturated rings. The van der Waals surface area contributed by atoms with Crippen LogP contribution in [0.25, 0.3) is 10.1 Å². The molecule has 0 aliphatic carbocycles. The van der Waals surface area contributed by atoms with Crippen molar-refractivity contribution in [3.05, 3.63) is 54.1 Å². The molecule has 30 heavy (non-hydrogen) atoms. The third kappa shape index (κ3) is 4.94. The first-order valence-corrected chi connectivity index (χ1v) is 12.9. The Balaban J connectivity index is 1.34. The van der Waals surface area contributed by atoms with Crippen molar-refractivity contribution < 1.29 is 8.42 Å². The molecule has 0 spiro atoms. The van der Waals surface area contributed by atoms with Gasteiger partial charge in [0, 0.05) is 38.1 Å². The summed E-state index contributed by atoms with van der Waals surface area (Å²) < 4.78 is 33.0. The zero-order chi connectivity index (χ0) is 21.0. The van der Waals surface area contributed by atoms with Gasteiger partial charge in [0.15, 0.2) is 0 Å². The molecule has 0 bridgehead atoms. The van der Waals surface area contributed by atoms with Gasteiger partial charge in [-0.15, -0.1) is 0 Å². The Hall–Kier alpha value is -2.16. The average Bonchev–Trinajstić information content (AvgIpc) is 3.17. The van der Waals surface area contributed by atoms with E-state index < -0.39 is 10.0 Å². The van der Waals surface area contributed by atoms with Crippen molar-refractivity contribution >= 4 is 43.1 Å². The van der Waals surface area contributed by atoms with Crippen LogP contribution in [0.3, 0.4) is 0 Å². The number of piperazine rings is 1. The molecule has 0 atom stereocenters. The molecule has 0 unspecified atom stereocenters. The lowest BCUT2D eigenvalue weighted by Gasteiger charge is -2.35. The van der Waals surface area contributed by atoms with Gasteiger partial charge < -0.3 is 4.90 Å². The molecule has 1 aliphatic heterocycles. The molecule has 8 heteroatoms. The number of hydrogen-bond donors (Lipinski definition) is 1. The second-order valence-electron chi connectivity index (χ2n) is 7.66. The Morgan fingerprint density at radius 1 is 1.03 bits per heavy atom. The standard InChI is InChI=1S/C22H28N4O2S2/c1-2-17-30(27,28)24-20-9-5-3-7-18(20)11-12-25-13-15-26(16-14-25)22-19-8-4-6-10-21(19)29-23-22/h3-10,24H,2,11-17H2,1H3. The maximum absolute atomic E-state index is 12.2. The van der Waals surface area contributed by atoms with E-state index in [1.807, 2.05) is 31.2 Å². The van der Waals surface area contributed by atoms with Crippen molar-refractivity contribution in [1.29, 1.82) is 0 Å². The van der Waals surface area contributed by atoms with Gasteiger partial charge in [-0.3, -0.25) is 9.62 Å². The molecule has 1 saturated heterocycles. The van der Waals surface area contributed by atoms with E-state index in [1.165, 1.54) is 10.1 Å². The summed E-state index contributed by atoms with van der Waals surface area (Å²) in [5, 5.41) is 1.24. The molecule has 0 amide bonds. The number of para-hydroxylation sites is 1. The van der Waals surface area contributed by atoms with Gasteiger partial charge in [0.25, 0.3) is 0 Å². The highest BCUT2D eigenvalue weighted by Gasteiger charge is 2.21. The van der Waals surface area contributed by atoms with Crippen molar-refractivity contribution in [2.75, 3.05) is 48.1 Å². The number of anilines is 2. The number of nitrogens with zero attached hydrogens (tertiary/aromatic N) is 3. The highest BCUT2D eigenvalue weighted by molar-refractivity contribution is 7.92. The highest BCUT2D eigenvalue weighted by Crippen LogP contribution is 2.29. The second-order valence-corrected chi connectivity index (χ2v) is 10.3. The SMILES string of the molecule is CCCS(=O)(=O)Nc1ccccc1CCN1CCN(c2nsc3ccccc23)CC1. The van der Waals surface area contributed by atoms with Crippen molar-refractivity contribution in [3.63, 3.8) is 0 Å². The normalized spacial score (nSPS) is 15.6. The average molecular weight is 445 g/mol. The van der Waals surface area contributed by atoms with Crippen LogP contribution in [0.2, 0.25) is 0 Å². The third-order valence-electron chi connectivity index (χ3n) is 5.48. The highest BCUT2D eigenvalue weighted by atomic mass is 32.2. The first kappa shape index (κ1) is 21.1. The Labute approximate surface area is 182 Å². The molecule has 0 saturated carbocycles. The number of nitrogens with one attached hydrogen (secondary N) is 1. The molecule has 1 aliphatic rings. The zero-order valence-electron chi connectivity index (χ0n) is 17.3. The third-order valence-corrected chi connectivity index (χ3v) is 7.78. The summed E-state index contributed by atoms with van der Waals surface area (Å²) in [6, 6.07) is 16.1. The van der Waals surface area contributed by atoms with Crippen molar-refractivity contribution in [1.82, 2.24) is 9.27 Å². The van der Waals surface area contributed by atoms with Crippen LogP contribution < -0.4 is 9.62 Å². The minimum absolute atomic E-state index is 0.147. The number of rotatable bonds is 8. The Kier molecular flexibility index (Phi) is 6.55. The fraction of sp³-hybridized carbons (Fsp3) is 0.409. The summed E-state index contributed by atoms with van der Waals surface area (Å²) in [6.45, 7) is 6.67. The first-order chi connectivity index (χ1) is 14.6. The monoisotopic (exact) mass is 444 g/mol. The van der Waals surface area contributed by atoms with Crippen LogP contribution in [0, 0.1) is 0 Å². The lowest BCUT2D eigenvalue weighted by Crippen LogP contribution is -2.47. The lowest BCUT2D eigenvalue weighted by molar-refractivity contribution is 0.261. The number of benzene rings is 2. The van der Waals surface area contributed by atoms with E-state index in [1.54, 1.807) is 11.5 Å². The van der Waals surface area contributed by atoms with Crippen molar-refractivity contribution in [2.24, 2.45) is 0 Å². The van der Waals surface area contributed by atoms with Gasteiger partial charge in [-0.2, -0.15) is 4.37 Å². The second kappa shape index (κ2) is 9.32. The predicted octanol–water partition coefficient (Wildman–Crippen LogP) is 3.81. The summed E-state index contributed by atoms with van der Waals surface area (Å²) in [7, 11) is -3.28. The number of fused-ring (bicyclic) bond motifs is 1. The lowest BCUT2D eigenvalue weighted by atomic mass is 10.1. The fourth-order valence-corrected chi connectivity index (χ4v) is 5.86. The fourth-order valence-electron chi connectivity index (χ4n) is 3.89. The van der Waals surface area contributed by atoms with Crippen molar-refractivity contribution in [2.45, 2.75) is 19.8 Å². The van der Waals surface area contributed by atoms with Gasteiger partial charge in [0.2, 0.25) is 10.0 Å². The van der Waals surface area contributed by atoms with Crippen LogP contribution in [0.4, 0.5) is 11.5 Å². The minimum Gasteiger partial charge on any atom is -0.353 e. The first-order valence-electron chi connectivity index (χ1n) is 10.5. The van der Waals surface area contributed by atoms with Crippen LogP contribution in [0.5, 0.6) is 0 Å². The van der Waals surface area contributed by atoms with Crippen molar-refractivity contribution in [3.8, 4) is 0 Å². The quantitative estimate of drug-likeness (QED) is 0.572. The Morgan fingerprint density at radius 3 is 2.57 bits per heavy atom. The largest absolute Gasteiger partial charge is 0.353 e. The van der Waals surface area contributed by atoms with E-state index in [9.17, 15) is 8.42 Å². The minimum atomic E-state index is -3.28.